The Morgan fingerprint density at radius 2 is 1.00 bits per heavy atom. The number of hydrogen-bond donors (Lipinski definition) is 5. The molecule has 3 aliphatic rings. The Morgan fingerprint density at radius 1 is 0.525 bits per heavy atom. The van der Waals surface area contributed by atoms with Gasteiger partial charge in [-0.2, -0.15) is 0 Å². The van der Waals surface area contributed by atoms with Crippen molar-refractivity contribution in [3.05, 3.63) is 12.2 Å². The number of amides is 12. The molecule has 576 valence electrons. The summed E-state index contributed by atoms with van der Waals surface area (Å²) in [6, 6.07) is -14.1. The highest BCUT2D eigenvalue weighted by atomic mass is 16.5. The van der Waals surface area contributed by atoms with Crippen molar-refractivity contribution in [2.45, 2.75) is 241 Å². The third-order valence-corrected chi connectivity index (χ3v) is 20.3. The number of likely N-dealkylation sites (N-methyl/N-ethyl adjacent to an activating group) is 7. The summed E-state index contributed by atoms with van der Waals surface area (Å²) in [6.07, 6.45) is 4.49. The Morgan fingerprint density at radius 3 is 1.50 bits per heavy atom. The smallest absolute Gasteiger partial charge is 0.248 e. The van der Waals surface area contributed by atoms with E-state index in [1.807, 2.05) is 41.5 Å². The highest BCUT2D eigenvalue weighted by Gasteiger charge is 2.47. The third-order valence-electron chi connectivity index (χ3n) is 20.3. The van der Waals surface area contributed by atoms with Gasteiger partial charge in [-0.05, 0) is 108 Å². The maximum Gasteiger partial charge on any atom is 0.248 e. The second-order valence-electron chi connectivity index (χ2n) is 30.5. The summed E-state index contributed by atoms with van der Waals surface area (Å²) < 4.78 is 11.6. The number of nitrogens with zero attached hydrogens (tertiary/aromatic N) is 9. The topological polar surface area (TPSA) is 321 Å². The standard InChI is InChI=1S/C73H129N13O15/c1-25-27-28-47(13)62(88)61-66(92)76-53(26-2)69(95)78(18)51(17)68(94)83(23)60(48(14)40-101-41-57(87)86-33-31-85(32-34-86)52-29-35-100-36-30-52)65(91)77-58(45(9)10)72(98)79(19)54(37-42(3)4)64(90)74-49(15)63(89)75-50(16)67(93)80(20)55(38-43(5)6)70(96)81(21)56(39-44(7)8)71(97)82(22)59(46(11)12)73(99)84(61)24/h25,27,42-56,58-62,88H,26,28-41H2,1-24H3,(H,74,90)(H,75,89)(H,76,92)(H,77,91)/b27-25+/t47-,48-,49+,50-,51-,53+,54+,55+,56+,58+,59+,60+,61+,62-/m1/s1. The molecular formula is C73H129N13O15. The summed E-state index contributed by atoms with van der Waals surface area (Å²) in [5, 5.41) is 23.3. The fourth-order valence-electron chi connectivity index (χ4n) is 13.7. The van der Waals surface area contributed by atoms with Crippen LogP contribution in [-0.2, 0) is 67.0 Å². The van der Waals surface area contributed by atoms with Crippen LogP contribution in [0.2, 0.25) is 0 Å². The maximum absolute atomic E-state index is 15.3. The summed E-state index contributed by atoms with van der Waals surface area (Å²) in [6.45, 7) is 32.3. The lowest BCUT2D eigenvalue weighted by Gasteiger charge is -2.41. The van der Waals surface area contributed by atoms with E-state index >= 15 is 33.6 Å². The second-order valence-corrected chi connectivity index (χ2v) is 30.5. The van der Waals surface area contributed by atoms with Gasteiger partial charge in [-0.3, -0.25) is 62.4 Å². The van der Waals surface area contributed by atoms with Crippen LogP contribution in [0.15, 0.2) is 12.2 Å². The number of aliphatic hydroxyl groups is 1. The van der Waals surface area contributed by atoms with Crippen LogP contribution < -0.4 is 21.3 Å². The van der Waals surface area contributed by atoms with Gasteiger partial charge in [-0.25, -0.2) is 0 Å². The molecule has 0 radical (unpaired) electrons. The van der Waals surface area contributed by atoms with Crippen LogP contribution in [0.25, 0.3) is 0 Å². The van der Waals surface area contributed by atoms with Crippen molar-refractivity contribution in [2.24, 2.45) is 41.4 Å². The molecule has 0 aliphatic carbocycles. The lowest BCUT2D eigenvalue weighted by atomic mass is 9.91. The van der Waals surface area contributed by atoms with E-state index in [2.05, 4.69) is 26.2 Å². The SMILES string of the molecule is C/C=C/C[C@@H](C)[C@@H](O)[C@H]1C(=O)N[C@@H](CC)C(=O)N(C)[C@H](C)C(=O)N(C)[C@@H]([C@H](C)COCC(=O)N2CCN(C3CCOCC3)CC2)C(=O)N[C@@H](C(C)C)C(=O)N(C)[C@@H](CC(C)C)C(=O)N[C@@H](C)C(=O)N[C@H](C)C(=O)N(C)[C@@H](CC(C)C)C(=O)N(C)[C@@H](CC(C)C)C(=O)N(C)[C@@H](C(C)C)C(=O)N1C. The van der Waals surface area contributed by atoms with Crippen LogP contribution in [-0.4, -0.2) is 301 Å². The molecule has 0 bridgehead atoms. The Hall–Kier alpha value is -6.78. The molecule has 5 N–H and O–H groups in total. The van der Waals surface area contributed by atoms with E-state index < -0.39 is 161 Å². The van der Waals surface area contributed by atoms with Gasteiger partial charge < -0.3 is 75.0 Å². The van der Waals surface area contributed by atoms with Crippen molar-refractivity contribution in [3.8, 4) is 0 Å². The molecule has 101 heavy (non-hydrogen) atoms. The largest absolute Gasteiger partial charge is 0.390 e. The van der Waals surface area contributed by atoms with Gasteiger partial charge >= 0.3 is 0 Å². The number of ether oxygens (including phenoxy) is 2. The molecule has 0 aromatic heterocycles. The monoisotopic (exact) mass is 1430 g/mol. The van der Waals surface area contributed by atoms with Crippen LogP contribution in [0.1, 0.15) is 163 Å². The predicted octanol–water partition coefficient (Wildman–Crippen LogP) is 2.59. The van der Waals surface area contributed by atoms with E-state index in [1.54, 1.807) is 72.4 Å². The highest BCUT2D eigenvalue weighted by molar-refractivity contribution is 6.00. The number of rotatable bonds is 19. The van der Waals surface area contributed by atoms with Crippen LogP contribution in [0, 0.1) is 41.4 Å². The lowest BCUT2D eigenvalue weighted by Crippen LogP contribution is -2.64. The van der Waals surface area contributed by atoms with Crippen molar-refractivity contribution in [3.63, 3.8) is 0 Å². The summed E-state index contributed by atoms with van der Waals surface area (Å²) in [7, 11) is 9.81. The predicted molar refractivity (Wildman–Crippen MR) is 386 cm³/mol. The first-order valence-corrected chi connectivity index (χ1v) is 36.6. The molecule has 0 unspecified atom stereocenters. The summed E-state index contributed by atoms with van der Waals surface area (Å²) >= 11 is 0. The molecule has 3 heterocycles. The number of allylic oxidation sites excluding steroid dienone is 2. The van der Waals surface area contributed by atoms with Crippen LogP contribution in [0.3, 0.4) is 0 Å². The minimum Gasteiger partial charge on any atom is -0.390 e. The molecule has 0 spiro atoms. The summed E-state index contributed by atoms with van der Waals surface area (Å²) in [5.41, 5.74) is 0. The van der Waals surface area contributed by atoms with E-state index in [1.165, 1.54) is 89.7 Å². The number of hydrogen-bond acceptors (Lipinski definition) is 16. The van der Waals surface area contributed by atoms with Crippen molar-refractivity contribution < 1.29 is 72.1 Å². The maximum atomic E-state index is 15.3. The molecule has 12 amide bonds. The van der Waals surface area contributed by atoms with E-state index in [0.29, 0.717) is 45.4 Å². The summed E-state index contributed by atoms with van der Waals surface area (Å²) in [5.74, 6) is -11.5. The quantitative estimate of drug-likeness (QED) is 0.116. The van der Waals surface area contributed by atoms with E-state index in [9.17, 15) is 29.1 Å². The normalized spacial score (nSPS) is 27.7. The number of aliphatic hydroxyl groups excluding tert-OH is 1. The number of nitrogens with one attached hydrogen (secondary N) is 4. The second kappa shape index (κ2) is 40.9. The van der Waals surface area contributed by atoms with E-state index in [0.717, 1.165) is 27.5 Å². The van der Waals surface area contributed by atoms with Crippen molar-refractivity contribution in [2.75, 3.05) is 102 Å². The average Bonchev–Trinajstić information content (AvgIpc) is 0.804. The zero-order valence-electron chi connectivity index (χ0n) is 65.5. The first kappa shape index (κ1) is 88.4. The van der Waals surface area contributed by atoms with Crippen molar-refractivity contribution >= 4 is 70.9 Å². The van der Waals surface area contributed by atoms with Gasteiger partial charge in [0.2, 0.25) is 70.9 Å². The van der Waals surface area contributed by atoms with Gasteiger partial charge in [0.15, 0.2) is 0 Å². The molecule has 0 saturated carbocycles. The molecular weight excluding hydrogens is 1300 g/mol. The summed E-state index contributed by atoms with van der Waals surface area (Å²) in [4.78, 5) is 190. The highest BCUT2D eigenvalue weighted by Crippen LogP contribution is 2.27. The molecule has 3 rings (SSSR count). The molecule has 0 aromatic rings. The van der Waals surface area contributed by atoms with Gasteiger partial charge in [0.25, 0.3) is 0 Å². The van der Waals surface area contributed by atoms with Crippen molar-refractivity contribution in [1.82, 2.24) is 65.4 Å². The first-order chi connectivity index (χ1) is 47.1. The number of carbonyl (C=O) groups excluding carboxylic acids is 12. The minimum atomic E-state index is -1.66. The fraction of sp³-hybridized carbons (Fsp3) is 0.808. The van der Waals surface area contributed by atoms with Gasteiger partial charge in [0.05, 0.1) is 12.7 Å². The van der Waals surface area contributed by atoms with Crippen LogP contribution >= 0.6 is 0 Å². The Balaban J connectivity index is 2.29. The van der Waals surface area contributed by atoms with Gasteiger partial charge in [-0.15, -0.1) is 0 Å². The minimum absolute atomic E-state index is 0.0346. The van der Waals surface area contributed by atoms with E-state index in [-0.39, 0.29) is 69.0 Å². The lowest BCUT2D eigenvalue weighted by molar-refractivity contribution is -0.157. The Kier molecular flexibility index (Phi) is 35.8. The van der Waals surface area contributed by atoms with Crippen LogP contribution in [0.5, 0.6) is 0 Å². The first-order valence-electron chi connectivity index (χ1n) is 36.6. The zero-order chi connectivity index (χ0) is 76.9. The van der Waals surface area contributed by atoms with E-state index in [4.69, 9.17) is 9.47 Å². The zero-order valence-corrected chi connectivity index (χ0v) is 65.5. The molecule has 3 fully saturated rings. The van der Waals surface area contributed by atoms with Crippen molar-refractivity contribution in [1.29, 1.82) is 0 Å². The number of carbonyl (C=O) groups is 12. The Labute approximate surface area is 602 Å². The average molecular weight is 1430 g/mol. The Bertz CT molecular complexity index is 2820. The molecule has 28 nitrogen and oxygen atoms in total. The molecule has 3 aliphatic heterocycles. The fourth-order valence-corrected chi connectivity index (χ4v) is 13.7. The van der Waals surface area contributed by atoms with Gasteiger partial charge in [0.1, 0.15) is 73.1 Å². The van der Waals surface area contributed by atoms with Gasteiger partial charge in [-0.1, -0.05) is 102 Å². The molecule has 14 atom stereocenters. The van der Waals surface area contributed by atoms with Gasteiger partial charge in [0, 0.05) is 101 Å². The third kappa shape index (κ3) is 24.1. The molecule has 3 saturated heterocycles. The molecule has 0 aromatic carbocycles. The number of piperazine rings is 1. The van der Waals surface area contributed by atoms with Crippen LogP contribution in [0.4, 0.5) is 0 Å². The molecule has 28 heteroatoms.